The van der Waals surface area contributed by atoms with Crippen LogP contribution in [0.3, 0.4) is 0 Å². The van der Waals surface area contributed by atoms with Crippen LogP contribution in [0, 0.1) is 5.41 Å². The number of ether oxygens (including phenoxy) is 1. The standard InChI is InChI=1S/C21H18N4O4S2/c1-13(15-6-4-3-5-7-15)29-16-10-8-14(9-11-16)12-17-18(22)25-20(23-19(17)26)30-24-21(25)31(2,27)28/h3-13,22H,1-2H3/b17-12-,22-18?/t13-/m0/s1. The highest BCUT2D eigenvalue weighted by molar-refractivity contribution is 8.16. The minimum Gasteiger partial charge on any atom is -0.486 e. The summed E-state index contributed by atoms with van der Waals surface area (Å²) in [6.45, 7) is 1.96. The van der Waals surface area contributed by atoms with Crippen LogP contribution in [-0.4, -0.2) is 41.7 Å². The van der Waals surface area contributed by atoms with Gasteiger partial charge in [-0.05, 0) is 36.3 Å². The number of carbonyl (C=O) groups is 1. The number of nitrogens with one attached hydrogen (secondary N) is 1. The van der Waals surface area contributed by atoms with Gasteiger partial charge in [-0.1, -0.05) is 42.5 Å². The lowest BCUT2D eigenvalue weighted by Crippen LogP contribution is -2.45. The number of sulfone groups is 1. The SMILES string of the molecule is C[C@H](Oc1ccc(/C=C2/C(=N)N3C(=NC2=O)SN=C3S(C)(=O)=O)cc1)c1ccccc1. The molecule has 1 amide bonds. The fraction of sp³-hybridized carbons (Fsp3) is 0.143. The number of fused-ring (bicyclic) bond motifs is 1. The van der Waals surface area contributed by atoms with Crippen LogP contribution in [0.25, 0.3) is 6.08 Å². The van der Waals surface area contributed by atoms with Crippen molar-refractivity contribution in [1.82, 2.24) is 4.90 Å². The molecule has 2 heterocycles. The minimum atomic E-state index is -3.68. The third kappa shape index (κ3) is 4.30. The fourth-order valence-electron chi connectivity index (χ4n) is 3.04. The molecule has 2 aliphatic heterocycles. The number of amides is 1. The number of carbonyl (C=O) groups excluding carboxylic acids is 1. The molecule has 1 atom stereocenters. The number of hydrogen-bond donors (Lipinski definition) is 1. The summed E-state index contributed by atoms with van der Waals surface area (Å²) < 4.78 is 33.7. The van der Waals surface area contributed by atoms with Crippen LogP contribution in [0.1, 0.15) is 24.2 Å². The second-order valence-electron chi connectivity index (χ2n) is 6.92. The predicted octanol–water partition coefficient (Wildman–Crippen LogP) is 3.45. The van der Waals surface area contributed by atoms with Crippen molar-refractivity contribution in [3.8, 4) is 5.75 Å². The summed E-state index contributed by atoms with van der Waals surface area (Å²) in [7, 11) is -3.68. The Labute approximate surface area is 183 Å². The van der Waals surface area contributed by atoms with Crippen LogP contribution in [-0.2, 0) is 14.6 Å². The van der Waals surface area contributed by atoms with Crippen molar-refractivity contribution in [1.29, 1.82) is 5.41 Å². The van der Waals surface area contributed by atoms with E-state index in [0.29, 0.717) is 11.3 Å². The Hall–Kier alpha value is -3.24. The van der Waals surface area contributed by atoms with Gasteiger partial charge in [0.15, 0.2) is 0 Å². The molecule has 0 spiro atoms. The fourth-order valence-corrected chi connectivity index (χ4v) is 4.89. The first kappa shape index (κ1) is 21.0. The first-order valence-electron chi connectivity index (χ1n) is 9.24. The molecule has 31 heavy (non-hydrogen) atoms. The molecule has 2 aromatic rings. The van der Waals surface area contributed by atoms with Gasteiger partial charge in [-0.15, -0.1) is 0 Å². The van der Waals surface area contributed by atoms with Crippen molar-refractivity contribution in [2.75, 3.05) is 6.26 Å². The van der Waals surface area contributed by atoms with E-state index in [2.05, 4.69) is 9.39 Å². The Balaban J connectivity index is 1.55. The molecule has 0 saturated carbocycles. The summed E-state index contributed by atoms with van der Waals surface area (Å²) in [5.41, 5.74) is 1.68. The topological polar surface area (TPSA) is 112 Å². The van der Waals surface area contributed by atoms with E-state index in [1.807, 2.05) is 37.3 Å². The van der Waals surface area contributed by atoms with Crippen LogP contribution in [0.5, 0.6) is 5.75 Å². The number of aliphatic imine (C=N–C) groups is 1. The van der Waals surface area contributed by atoms with E-state index >= 15 is 0 Å². The molecule has 1 N–H and O–H groups in total. The zero-order chi connectivity index (χ0) is 22.2. The molecule has 0 radical (unpaired) electrons. The largest absolute Gasteiger partial charge is 0.486 e. The summed E-state index contributed by atoms with van der Waals surface area (Å²) >= 11 is 0.762. The Morgan fingerprint density at radius 1 is 1.13 bits per heavy atom. The average molecular weight is 455 g/mol. The molecule has 0 fully saturated rings. The normalized spacial score (nSPS) is 18.5. The summed E-state index contributed by atoms with van der Waals surface area (Å²) in [4.78, 5) is 17.4. The molecule has 10 heteroatoms. The molecule has 0 saturated heterocycles. The van der Waals surface area contributed by atoms with Crippen molar-refractivity contribution in [3.63, 3.8) is 0 Å². The lowest BCUT2D eigenvalue weighted by Gasteiger charge is -2.23. The van der Waals surface area contributed by atoms with Gasteiger partial charge in [-0.25, -0.2) is 13.3 Å². The van der Waals surface area contributed by atoms with Crippen LogP contribution in [0.15, 0.2) is 69.6 Å². The van der Waals surface area contributed by atoms with Gasteiger partial charge in [-0.3, -0.25) is 10.2 Å². The third-order valence-electron chi connectivity index (χ3n) is 4.60. The molecule has 158 valence electrons. The van der Waals surface area contributed by atoms with Crippen molar-refractivity contribution in [2.24, 2.45) is 9.39 Å². The van der Waals surface area contributed by atoms with Crippen LogP contribution in [0.2, 0.25) is 0 Å². The molecule has 4 rings (SSSR count). The molecule has 0 unspecified atom stereocenters. The van der Waals surface area contributed by atoms with Gasteiger partial charge in [0.05, 0.1) is 17.5 Å². The zero-order valence-electron chi connectivity index (χ0n) is 16.6. The molecule has 0 aromatic heterocycles. The van der Waals surface area contributed by atoms with Crippen LogP contribution in [0.4, 0.5) is 0 Å². The van der Waals surface area contributed by atoms with E-state index in [9.17, 15) is 13.2 Å². The highest BCUT2D eigenvalue weighted by atomic mass is 32.2. The molecule has 2 aromatic carbocycles. The van der Waals surface area contributed by atoms with Crippen LogP contribution >= 0.6 is 11.9 Å². The maximum atomic E-state index is 12.4. The van der Waals surface area contributed by atoms with Crippen LogP contribution < -0.4 is 4.74 Å². The van der Waals surface area contributed by atoms with Gasteiger partial charge in [0.25, 0.3) is 5.91 Å². The molecule has 2 aliphatic rings. The van der Waals surface area contributed by atoms with Gasteiger partial charge < -0.3 is 4.74 Å². The second kappa shape index (κ2) is 8.12. The summed E-state index contributed by atoms with van der Waals surface area (Å²) in [5.74, 6) is -0.236. The van der Waals surface area contributed by atoms with E-state index in [4.69, 9.17) is 10.1 Å². The summed E-state index contributed by atoms with van der Waals surface area (Å²) in [6.07, 6.45) is 2.36. The smallest absolute Gasteiger partial charge is 0.283 e. The van der Waals surface area contributed by atoms with Crippen molar-refractivity contribution >= 4 is 49.9 Å². The van der Waals surface area contributed by atoms with E-state index in [-0.39, 0.29) is 27.8 Å². The summed E-state index contributed by atoms with van der Waals surface area (Å²) in [5, 5.41) is 8.12. The van der Waals surface area contributed by atoms with E-state index in [1.54, 1.807) is 24.3 Å². The predicted molar refractivity (Wildman–Crippen MR) is 122 cm³/mol. The number of nitrogens with zero attached hydrogens (tertiary/aromatic N) is 3. The Morgan fingerprint density at radius 3 is 2.45 bits per heavy atom. The summed E-state index contributed by atoms with van der Waals surface area (Å²) in [6, 6.07) is 16.9. The second-order valence-corrected chi connectivity index (χ2v) is 9.56. The number of benzene rings is 2. The highest BCUT2D eigenvalue weighted by Gasteiger charge is 2.41. The molecular formula is C21H18N4O4S2. The Bertz CT molecular complexity index is 1250. The third-order valence-corrected chi connectivity index (χ3v) is 6.35. The molecule has 0 bridgehead atoms. The number of rotatable bonds is 4. The van der Waals surface area contributed by atoms with Crippen molar-refractivity contribution < 1.29 is 17.9 Å². The Morgan fingerprint density at radius 2 is 1.81 bits per heavy atom. The average Bonchev–Trinajstić information content (AvgIpc) is 3.17. The zero-order valence-corrected chi connectivity index (χ0v) is 18.3. The molecular weight excluding hydrogens is 436 g/mol. The van der Waals surface area contributed by atoms with Gasteiger partial charge in [-0.2, -0.15) is 9.39 Å². The minimum absolute atomic E-state index is 0.0195. The maximum absolute atomic E-state index is 12.4. The van der Waals surface area contributed by atoms with E-state index in [1.165, 1.54) is 6.08 Å². The molecule has 0 aliphatic carbocycles. The number of hydrogen-bond acceptors (Lipinski definition) is 7. The van der Waals surface area contributed by atoms with Gasteiger partial charge in [0, 0.05) is 6.26 Å². The highest BCUT2D eigenvalue weighted by Crippen LogP contribution is 2.30. The van der Waals surface area contributed by atoms with Gasteiger partial charge in [0.2, 0.25) is 20.2 Å². The Kier molecular flexibility index (Phi) is 5.50. The number of amidine groups is 3. The van der Waals surface area contributed by atoms with Crippen molar-refractivity contribution in [3.05, 3.63) is 71.3 Å². The monoisotopic (exact) mass is 454 g/mol. The van der Waals surface area contributed by atoms with Crippen molar-refractivity contribution in [2.45, 2.75) is 13.0 Å². The first-order valence-corrected chi connectivity index (χ1v) is 11.9. The quantitative estimate of drug-likeness (QED) is 0.559. The maximum Gasteiger partial charge on any atom is 0.283 e. The lowest BCUT2D eigenvalue weighted by molar-refractivity contribution is -0.114. The van der Waals surface area contributed by atoms with E-state index in [0.717, 1.165) is 28.7 Å². The van der Waals surface area contributed by atoms with Gasteiger partial charge >= 0.3 is 0 Å². The molecule has 8 nitrogen and oxygen atoms in total. The van der Waals surface area contributed by atoms with Gasteiger partial charge in [0.1, 0.15) is 17.7 Å². The lowest BCUT2D eigenvalue weighted by atomic mass is 10.1. The first-order chi connectivity index (χ1) is 14.7. The van der Waals surface area contributed by atoms with E-state index < -0.39 is 15.7 Å².